The summed E-state index contributed by atoms with van der Waals surface area (Å²) < 4.78 is 11.4. The van der Waals surface area contributed by atoms with Crippen molar-refractivity contribution in [3.63, 3.8) is 0 Å². The second kappa shape index (κ2) is 9.14. The Kier molecular flexibility index (Phi) is 6.89. The Bertz CT molecular complexity index is 856. The highest BCUT2D eigenvalue weighted by atomic mass is 16.5. The number of nitrogens with zero attached hydrogens (tertiary/aromatic N) is 1. The zero-order chi connectivity index (χ0) is 20.7. The number of nitriles is 1. The molecule has 2 rings (SSSR count). The van der Waals surface area contributed by atoms with Gasteiger partial charge in [-0.3, -0.25) is 0 Å². The molecule has 2 aromatic rings. The van der Waals surface area contributed by atoms with Crippen LogP contribution in [-0.4, -0.2) is 24.3 Å². The Morgan fingerprint density at radius 1 is 1.18 bits per heavy atom. The number of nitrogens with one attached hydrogen (secondary N) is 1. The van der Waals surface area contributed by atoms with E-state index in [1.807, 2.05) is 26.8 Å². The fraction of sp³-hybridized carbons (Fsp3) is 0.364. The molecule has 2 aromatic carbocycles. The van der Waals surface area contributed by atoms with Gasteiger partial charge in [-0.05, 0) is 61.7 Å². The van der Waals surface area contributed by atoms with Gasteiger partial charge in [-0.25, -0.2) is 4.79 Å². The molecule has 0 amide bonds. The summed E-state index contributed by atoms with van der Waals surface area (Å²) in [5.74, 6) is 0.402. The van der Waals surface area contributed by atoms with Crippen molar-refractivity contribution in [1.29, 1.82) is 5.26 Å². The highest BCUT2D eigenvalue weighted by Gasteiger charge is 2.36. The van der Waals surface area contributed by atoms with Crippen LogP contribution in [0.1, 0.15) is 38.8 Å². The van der Waals surface area contributed by atoms with E-state index in [9.17, 15) is 9.90 Å². The monoisotopic (exact) mass is 382 g/mol. The molecule has 0 aliphatic carbocycles. The third-order valence-electron chi connectivity index (χ3n) is 4.19. The van der Waals surface area contributed by atoms with Gasteiger partial charge in [-0.1, -0.05) is 13.8 Å². The largest absolute Gasteiger partial charge is 0.494 e. The number of hydrogen-bond donors (Lipinski definition) is 2. The highest BCUT2D eigenvalue weighted by molar-refractivity contribution is 5.84. The molecule has 0 aliphatic rings. The SMILES string of the molecule is CCOc1cc(OCC(C)C)cc(C(C)(Nc2ccc(C#N)cc2)C(=O)O)c1. The van der Waals surface area contributed by atoms with E-state index >= 15 is 0 Å². The van der Waals surface area contributed by atoms with Gasteiger partial charge in [-0.15, -0.1) is 0 Å². The van der Waals surface area contributed by atoms with Crippen LogP contribution in [0.4, 0.5) is 5.69 Å². The van der Waals surface area contributed by atoms with Gasteiger partial charge < -0.3 is 19.9 Å². The maximum Gasteiger partial charge on any atom is 0.333 e. The quantitative estimate of drug-likeness (QED) is 0.668. The molecule has 0 fully saturated rings. The molecule has 0 aliphatic heterocycles. The van der Waals surface area contributed by atoms with Gasteiger partial charge >= 0.3 is 5.97 Å². The maximum atomic E-state index is 12.2. The molecular formula is C22H26N2O4. The minimum atomic E-state index is -1.42. The fourth-order valence-electron chi connectivity index (χ4n) is 2.62. The molecule has 0 bridgehead atoms. The standard InChI is InChI=1S/C22H26N2O4/c1-5-27-19-10-17(11-20(12-19)28-14-15(2)3)22(4,21(25)26)24-18-8-6-16(13-23)7-9-18/h6-12,15,24H,5,14H2,1-4H3,(H,25,26). The van der Waals surface area contributed by atoms with Crippen LogP contribution in [0.2, 0.25) is 0 Å². The van der Waals surface area contributed by atoms with Crippen LogP contribution in [0.5, 0.6) is 11.5 Å². The van der Waals surface area contributed by atoms with E-state index in [1.54, 1.807) is 49.4 Å². The first-order valence-corrected chi connectivity index (χ1v) is 9.21. The summed E-state index contributed by atoms with van der Waals surface area (Å²) in [6.45, 7) is 8.52. The van der Waals surface area contributed by atoms with Gasteiger partial charge in [0, 0.05) is 11.8 Å². The topological polar surface area (TPSA) is 91.6 Å². The molecule has 1 unspecified atom stereocenters. The van der Waals surface area contributed by atoms with Crippen molar-refractivity contribution in [1.82, 2.24) is 0 Å². The normalized spacial score (nSPS) is 12.7. The lowest BCUT2D eigenvalue weighted by atomic mass is 9.91. The van der Waals surface area contributed by atoms with E-state index < -0.39 is 11.5 Å². The number of hydrogen-bond acceptors (Lipinski definition) is 5. The second-order valence-electron chi connectivity index (χ2n) is 7.08. The van der Waals surface area contributed by atoms with E-state index in [2.05, 4.69) is 5.32 Å². The third kappa shape index (κ3) is 5.17. The van der Waals surface area contributed by atoms with Crippen LogP contribution in [0.3, 0.4) is 0 Å². The molecular weight excluding hydrogens is 356 g/mol. The predicted molar refractivity (Wildman–Crippen MR) is 108 cm³/mol. The molecule has 6 heteroatoms. The number of ether oxygens (including phenoxy) is 2. The molecule has 0 radical (unpaired) electrons. The number of carboxylic acid groups (broad SMARTS) is 1. The lowest BCUT2D eigenvalue weighted by molar-refractivity contribution is -0.142. The van der Waals surface area contributed by atoms with Crippen LogP contribution in [0, 0.1) is 17.2 Å². The first kappa shape index (κ1) is 21.1. The van der Waals surface area contributed by atoms with Crippen LogP contribution in [0.15, 0.2) is 42.5 Å². The van der Waals surface area contributed by atoms with Crippen LogP contribution in [-0.2, 0) is 10.3 Å². The number of anilines is 1. The predicted octanol–water partition coefficient (Wildman–Crippen LogP) is 4.40. The molecule has 0 spiro atoms. The zero-order valence-corrected chi connectivity index (χ0v) is 16.7. The average molecular weight is 382 g/mol. The number of carboxylic acids is 1. The van der Waals surface area contributed by atoms with Gasteiger partial charge in [0.25, 0.3) is 0 Å². The smallest absolute Gasteiger partial charge is 0.333 e. The summed E-state index contributed by atoms with van der Waals surface area (Å²) >= 11 is 0. The molecule has 0 aromatic heterocycles. The number of carbonyl (C=O) groups is 1. The van der Waals surface area contributed by atoms with E-state index in [-0.39, 0.29) is 0 Å². The summed E-state index contributed by atoms with van der Waals surface area (Å²) in [4.78, 5) is 12.2. The van der Waals surface area contributed by atoms with Crippen molar-refractivity contribution in [2.24, 2.45) is 5.92 Å². The van der Waals surface area contributed by atoms with Crippen molar-refractivity contribution in [3.8, 4) is 17.6 Å². The van der Waals surface area contributed by atoms with Crippen LogP contribution in [0.25, 0.3) is 0 Å². The lowest BCUT2D eigenvalue weighted by Crippen LogP contribution is -2.40. The molecule has 6 nitrogen and oxygen atoms in total. The Morgan fingerprint density at radius 2 is 1.79 bits per heavy atom. The molecule has 28 heavy (non-hydrogen) atoms. The first-order valence-electron chi connectivity index (χ1n) is 9.21. The van der Waals surface area contributed by atoms with Crippen molar-refractivity contribution < 1.29 is 19.4 Å². The number of benzene rings is 2. The minimum Gasteiger partial charge on any atom is -0.494 e. The van der Waals surface area contributed by atoms with Crippen molar-refractivity contribution >= 4 is 11.7 Å². The van der Waals surface area contributed by atoms with Crippen molar-refractivity contribution in [2.45, 2.75) is 33.2 Å². The lowest BCUT2D eigenvalue weighted by Gasteiger charge is -2.29. The van der Waals surface area contributed by atoms with Gasteiger partial charge in [0.05, 0.1) is 24.8 Å². The van der Waals surface area contributed by atoms with Gasteiger partial charge in [0.15, 0.2) is 5.54 Å². The molecule has 148 valence electrons. The molecule has 0 saturated carbocycles. The third-order valence-corrected chi connectivity index (χ3v) is 4.19. The fourth-order valence-corrected chi connectivity index (χ4v) is 2.62. The maximum absolute atomic E-state index is 12.2. The Hall–Kier alpha value is -3.20. The molecule has 2 N–H and O–H groups in total. The number of aliphatic carboxylic acids is 1. The van der Waals surface area contributed by atoms with E-state index in [0.29, 0.717) is 47.4 Å². The number of rotatable bonds is 9. The first-order chi connectivity index (χ1) is 13.3. The molecule has 0 heterocycles. The summed E-state index contributed by atoms with van der Waals surface area (Å²) in [5, 5.41) is 22.0. The van der Waals surface area contributed by atoms with E-state index in [0.717, 1.165) is 0 Å². The Balaban J connectivity index is 2.44. The average Bonchev–Trinajstić information content (AvgIpc) is 2.67. The zero-order valence-electron chi connectivity index (χ0n) is 16.7. The van der Waals surface area contributed by atoms with Crippen LogP contribution >= 0.6 is 0 Å². The van der Waals surface area contributed by atoms with Crippen molar-refractivity contribution in [2.75, 3.05) is 18.5 Å². The summed E-state index contributed by atoms with van der Waals surface area (Å²) in [6, 6.07) is 13.9. The molecule has 0 saturated heterocycles. The highest BCUT2D eigenvalue weighted by Crippen LogP contribution is 2.33. The van der Waals surface area contributed by atoms with Gasteiger partial charge in [0.1, 0.15) is 11.5 Å². The van der Waals surface area contributed by atoms with E-state index in [1.165, 1.54) is 0 Å². The summed E-state index contributed by atoms with van der Waals surface area (Å²) in [5.41, 5.74) is 0.187. The van der Waals surface area contributed by atoms with E-state index in [4.69, 9.17) is 14.7 Å². The second-order valence-corrected chi connectivity index (χ2v) is 7.08. The molecule has 1 atom stereocenters. The summed E-state index contributed by atoms with van der Waals surface area (Å²) in [7, 11) is 0. The van der Waals surface area contributed by atoms with Gasteiger partial charge in [0.2, 0.25) is 0 Å². The minimum absolute atomic E-state index is 0.335. The Labute approximate surface area is 165 Å². The van der Waals surface area contributed by atoms with Crippen LogP contribution < -0.4 is 14.8 Å². The summed E-state index contributed by atoms with van der Waals surface area (Å²) in [6.07, 6.45) is 0. The Morgan fingerprint density at radius 3 is 2.29 bits per heavy atom. The van der Waals surface area contributed by atoms with Crippen molar-refractivity contribution in [3.05, 3.63) is 53.6 Å². The van der Waals surface area contributed by atoms with Gasteiger partial charge in [-0.2, -0.15) is 5.26 Å².